The summed E-state index contributed by atoms with van der Waals surface area (Å²) in [5.41, 5.74) is 0.757. The molecule has 0 unspecified atom stereocenters. The van der Waals surface area contributed by atoms with Crippen molar-refractivity contribution in [3.8, 4) is 0 Å². The summed E-state index contributed by atoms with van der Waals surface area (Å²) in [5.74, 6) is -0.538. The van der Waals surface area contributed by atoms with Gasteiger partial charge in [-0.05, 0) is 57.5 Å². The zero-order chi connectivity index (χ0) is 23.2. The molecular weight excluding hydrogens is 458 g/mol. The van der Waals surface area contributed by atoms with Gasteiger partial charge >= 0.3 is 0 Å². The summed E-state index contributed by atoms with van der Waals surface area (Å²) < 4.78 is 14.0. The number of amides is 2. The number of nitrogens with one attached hydrogen (secondary N) is 1. The summed E-state index contributed by atoms with van der Waals surface area (Å²) in [6.07, 6.45) is 0. The summed E-state index contributed by atoms with van der Waals surface area (Å²) in [6, 6.07) is 11.0. The molecule has 0 radical (unpaired) electrons. The average Bonchev–Trinajstić information content (AvgIpc) is 2.66. The monoisotopic (exact) mass is 484 g/mol. The zero-order valence-electron chi connectivity index (χ0n) is 18.0. The number of thioether (sulfide) groups is 1. The van der Waals surface area contributed by atoms with Crippen LogP contribution in [-0.4, -0.2) is 34.0 Å². The van der Waals surface area contributed by atoms with Crippen molar-refractivity contribution in [2.75, 3.05) is 5.75 Å². The van der Waals surface area contributed by atoms with Gasteiger partial charge in [-0.2, -0.15) is 0 Å². The lowest BCUT2D eigenvalue weighted by Crippen LogP contribution is -2.52. The Balaban J connectivity index is 2.14. The molecule has 1 atom stereocenters. The van der Waals surface area contributed by atoms with Gasteiger partial charge in [0.15, 0.2) is 0 Å². The number of rotatable bonds is 8. The lowest BCUT2D eigenvalue weighted by Gasteiger charge is -2.31. The Labute approximate surface area is 197 Å². The maximum absolute atomic E-state index is 14.0. The quantitative estimate of drug-likeness (QED) is 0.522. The fourth-order valence-corrected chi connectivity index (χ4v) is 4.34. The third-order valence-corrected chi connectivity index (χ3v) is 5.97. The molecule has 31 heavy (non-hydrogen) atoms. The molecule has 2 aromatic carbocycles. The van der Waals surface area contributed by atoms with Crippen LogP contribution in [0.25, 0.3) is 0 Å². The molecule has 0 heterocycles. The molecule has 2 rings (SSSR count). The molecule has 4 nitrogen and oxygen atoms in total. The van der Waals surface area contributed by atoms with Crippen LogP contribution in [0.5, 0.6) is 0 Å². The zero-order valence-corrected chi connectivity index (χ0v) is 20.4. The number of hydrogen-bond acceptors (Lipinski definition) is 3. The Morgan fingerprint density at radius 2 is 1.84 bits per heavy atom. The molecular formula is C23H27Cl2FN2O2S. The molecule has 0 saturated carbocycles. The van der Waals surface area contributed by atoms with Gasteiger partial charge in [-0.25, -0.2) is 4.39 Å². The minimum absolute atomic E-state index is 0.0817. The smallest absolute Gasteiger partial charge is 0.242 e. The topological polar surface area (TPSA) is 49.4 Å². The van der Waals surface area contributed by atoms with Crippen LogP contribution in [0.3, 0.4) is 0 Å². The molecule has 2 amide bonds. The number of nitrogens with zero attached hydrogens (tertiary/aromatic N) is 1. The normalized spacial score (nSPS) is 12.4. The fraction of sp³-hybridized carbons (Fsp3) is 0.391. The van der Waals surface area contributed by atoms with E-state index in [0.29, 0.717) is 15.6 Å². The largest absolute Gasteiger partial charge is 0.350 e. The fourth-order valence-electron chi connectivity index (χ4n) is 2.88. The van der Waals surface area contributed by atoms with Gasteiger partial charge in [0.2, 0.25) is 11.8 Å². The van der Waals surface area contributed by atoms with Crippen molar-refractivity contribution in [2.24, 2.45) is 0 Å². The molecule has 8 heteroatoms. The molecule has 0 spiro atoms. The van der Waals surface area contributed by atoms with Crippen LogP contribution in [0, 0.1) is 5.82 Å². The van der Waals surface area contributed by atoms with Crippen LogP contribution in [-0.2, 0) is 21.9 Å². The van der Waals surface area contributed by atoms with E-state index in [9.17, 15) is 14.0 Å². The van der Waals surface area contributed by atoms with Crippen molar-refractivity contribution in [3.05, 3.63) is 69.5 Å². The Bertz CT molecular complexity index is 914. The Kier molecular flexibility index (Phi) is 9.22. The van der Waals surface area contributed by atoms with Crippen molar-refractivity contribution >= 4 is 46.8 Å². The van der Waals surface area contributed by atoms with E-state index in [4.69, 9.17) is 23.2 Å². The summed E-state index contributed by atoms with van der Waals surface area (Å²) in [7, 11) is 0. The summed E-state index contributed by atoms with van der Waals surface area (Å²) in [6.45, 7) is 7.58. The molecule has 168 valence electrons. The SMILES string of the molecule is C[C@H](C(=O)NC(C)(C)C)N(Cc1cccc(Cl)c1)C(=O)CSCc1c(F)cccc1Cl. The first-order valence-electron chi connectivity index (χ1n) is 9.84. The van der Waals surface area contributed by atoms with Gasteiger partial charge in [0.25, 0.3) is 0 Å². The van der Waals surface area contributed by atoms with Gasteiger partial charge in [-0.1, -0.05) is 41.4 Å². The first-order valence-corrected chi connectivity index (χ1v) is 11.8. The van der Waals surface area contributed by atoms with Crippen molar-refractivity contribution < 1.29 is 14.0 Å². The van der Waals surface area contributed by atoms with Gasteiger partial charge in [-0.3, -0.25) is 9.59 Å². The van der Waals surface area contributed by atoms with E-state index < -0.39 is 17.4 Å². The van der Waals surface area contributed by atoms with Crippen LogP contribution >= 0.6 is 35.0 Å². The van der Waals surface area contributed by atoms with Gasteiger partial charge in [0.1, 0.15) is 11.9 Å². The van der Waals surface area contributed by atoms with Crippen molar-refractivity contribution in [2.45, 2.75) is 51.6 Å². The highest BCUT2D eigenvalue weighted by Gasteiger charge is 2.28. The third kappa shape index (κ3) is 8.02. The molecule has 2 aromatic rings. The minimum Gasteiger partial charge on any atom is -0.350 e. The van der Waals surface area contributed by atoms with E-state index in [0.717, 1.165) is 5.56 Å². The van der Waals surface area contributed by atoms with E-state index >= 15 is 0 Å². The highest BCUT2D eigenvalue weighted by Crippen LogP contribution is 2.24. The summed E-state index contributed by atoms with van der Waals surface area (Å²) in [4.78, 5) is 27.3. The van der Waals surface area contributed by atoms with Gasteiger partial charge in [0.05, 0.1) is 5.75 Å². The van der Waals surface area contributed by atoms with Crippen LogP contribution < -0.4 is 5.32 Å². The van der Waals surface area contributed by atoms with E-state index in [-0.39, 0.29) is 29.9 Å². The Morgan fingerprint density at radius 1 is 1.16 bits per heavy atom. The molecule has 0 fully saturated rings. The maximum atomic E-state index is 14.0. The highest BCUT2D eigenvalue weighted by molar-refractivity contribution is 7.99. The third-order valence-electron chi connectivity index (χ3n) is 4.44. The standard InChI is InChI=1S/C23H27Cl2FN2O2S/c1-15(22(30)27-23(2,3)4)28(12-16-7-5-8-17(24)11-16)21(29)14-31-13-18-19(25)9-6-10-20(18)26/h5-11,15H,12-14H2,1-4H3,(H,27,30)/t15-/m1/s1. The molecule has 0 aliphatic rings. The predicted molar refractivity (Wildman–Crippen MR) is 127 cm³/mol. The second-order valence-corrected chi connectivity index (χ2v) is 10.1. The second-order valence-electron chi connectivity index (χ2n) is 8.26. The van der Waals surface area contributed by atoms with Crippen molar-refractivity contribution in [3.63, 3.8) is 0 Å². The molecule has 0 saturated heterocycles. The van der Waals surface area contributed by atoms with E-state index in [2.05, 4.69) is 5.32 Å². The number of carbonyl (C=O) groups excluding carboxylic acids is 2. The molecule has 0 aromatic heterocycles. The number of hydrogen-bond donors (Lipinski definition) is 1. The number of halogens is 3. The van der Waals surface area contributed by atoms with Gasteiger partial charge < -0.3 is 10.2 Å². The van der Waals surface area contributed by atoms with E-state index in [1.165, 1.54) is 22.7 Å². The van der Waals surface area contributed by atoms with Crippen LogP contribution in [0.1, 0.15) is 38.8 Å². The predicted octanol–water partition coefficient (Wildman–Crippen LogP) is 5.70. The lowest BCUT2D eigenvalue weighted by atomic mass is 10.1. The first kappa shape index (κ1) is 25.5. The first-order chi connectivity index (χ1) is 14.5. The van der Waals surface area contributed by atoms with Crippen LogP contribution in [0.2, 0.25) is 10.0 Å². The average molecular weight is 485 g/mol. The van der Waals surface area contributed by atoms with Crippen molar-refractivity contribution in [1.29, 1.82) is 0 Å². The molecule has 1 N–H and O–H groups in total. The lowest BCUT2D eigenvalue weighted by molar-refractivity contribution is -0.139. The van der Waals surface area contributed by atoms with Crippen LogP contribution in [0.4, 0.5) is 4.39 Å². The molecule has 0 bridgehead atoms. The van der Waals surface area contributed by atoms with E-state index in [1.54, 1.807) is 37.3 Å². The number of benzene rings is 2. The van der Waals surface area contributed by atoms with E-state index in [1.807, 2.05) is 26.8 Å². The van der Waals surface area contributed by atoms with Gasteiger partial charge in [0, 0.05) is 33.4 Å². The summed E-state index contributed by atoms with van der Waals surface area (Å²) in [5, 5.41) is 3.80. The van der Waals surface area contributed by atoms with Crippen molar-refractivity contribution in [1.82, 2.24) is 10.2 Å². The second kappa shape index (κ2) is 11.2. The highest BCUT2D eigenvalue weighted by atomic mass is 35.5. The Hall–Kier alpha value is -1.76. The minimum atomic E-state index is -0.691. The maximum Gasteiger partial charge on any atom is 0.242 e. The van der Waals surface area contributed by atoms with Gasteiger partial charge in [-0.15, -0.1) is 11.8 Å². The number of carbonyl (C=O) groups is 2. The molecule has 0 aliphatic carbocycles. The van der Waals surface area contributed by atoms with Crippen LogP contribution in [0.15, 0.2) is 42.5 Å². The Morgan fingerprint density at radius 3 is 2.45 bits per heavy atom. The molecule has 0 aliphatic heterocycles. The summed E-state index contributed by atoms with van der Waals surface area (Å²) >= 11 is 13.4.